The molecule has 2 rings (SSSR count). The van der Waals surface area contributed by atoms with Crippen molar-refractivity contribution in [3.8, 4) is 18.1 Å². The Balaban J connectivity index is 2.14. The monoisotopic (exact) mass is 377 g/mol. The lowest BCUT2D eigenvalue weighted by Crippen LogP contribution is -2.07. The van der Waals surface area contributed by atoms with Crippen molar-refractivity contribution in [3.63, 3.8) is 0 Å². The van der Waals surface area contributed by atoms with Crippen molar-refractivity contribution in [3.05, 3.63) is 67.7 Å². The zero-order chi connectivity index (χ0) is 18.2. The van der Waals surface area contributed by atoms with Crippen molar-refractivity contribution in [2.24, 2.45) is 5.10 Å². The van der Waals surface area contributed by atoms with Crippen LogP contribution < -0.4 is 10.2 Å². The van der Waals surface area contributed by atoms with Gasteiger partial charge in [-0.15, -0.1) is 6.42 Å². The summed E-state index contributed by atoms with van der Waals surface area (Å²) in [6.07, 6.45) is 6.57. The van der Waals surface area contributed by atoms with Crippen LogP contribution in [0.5, 0.6) is 5.75 Å². The Bertz CT molecular complexity index is 827. The van der Waals surface area contributed by atoms with Crippen molar-refractivity contribution in [2.45, 2.75) is 6.54 Å². The van der Waals surface area contributed by atoms with Crippen molar-refractivity contribution in [1.82, 2.24) is 5.43 Å². The molecule has 8 heteroatoms. The second-order valence-corrected chi connectivity index (χ2v) is 5.58. The second kappa shape index (κ2) is 8.92. The average molecular weight is 378 g/mol. The molecule has 0 radical (unpaired) electrons. The Hall–Kier alpha value is -2.75. The highest BCUT2D eigenvalue weighted by molar-refractivity contribution is 6.35. The first kappa shape index (κ1) is 18.6. The number of hydrazone groups is 1. The van der Waals surface area contributed by atoms with Gasteiger partial charge in [0.1, 0.15) is 12.4 Å². The lowest BCUT2D eigenvalue weighted by Gasteiger charge is -2.07. The number of non-ortho nitro benzene ring substituents is 1. The maximum Gasteiger partial charge on any atom is 0.270 e. The predicted molar refractivity (Wildman–Crippen MR) is 98.3 cm³/mol. The zero-order valence-electron chi connectivity index (χ0n) is 12.9. The molecule has 0 saturated heterocycles. The van der Waals surface area contributed by atoms with E-state index in [0.29, 0.717) is 33.5 Å². The highest BCUT2D eigenvalue weighted by Crippen LogP contribution is 2.24. The van der Waals surface area contributed by atoms with Gasteiger partial charge in [-0.3, -0.25) is 10.1 Å². The smallest absolute Gasteiger partial charge is 0.270 e. The van der Waals surface area contributed by atoms with E-state index in [4.69, 9.17) is 34.4 Å². The third-order valence-electron chi connectivity index (χ3n) is 3.13. The van der Waals surface area contributed by atoms with Gasteiger partial charge in [0.05, 0.1) is 17.7 Å². The molecule has 0 saturated carbocycles. The number of hydrogen-bond acceptors (Lipinski definition) is 5. The predicted octanol–water partition coefficient (Wildman–Crippen LogP) is 4.04. The number of ether oxygens (including phenoxy) is 1. The quantitative estimate of drug-likeness (QED) is 0.342. The summed E-state index contributed by atoms with van der Waals surface area (Å²) in [6, 6.07) is 9.35. The summed E-state index contributed by atoms with van der Waals surface area (Å²) >= 11 is 12.1. The van der Waals surface area contributed by atoms with Gasteiger partial charge >= 0.3 is 0 Å². The van der Waals surface area contributed by atoms with Gasteiger partial charge in [0.25, 0.3) is 5.69 Å². The maximum atomic E-state index is 10.9. The molecule has 0 fully saturated rings. The molecule has 128 valence electrons. The van der Waals surface area contributed by atoms with Crippen LogP contribution in [0.1, 0.15) is 11.1 Å². The number of halogens is 2. The van der Waals surface area contributed by atoms with E-state index in [2.05, 4.69) is 16.4 Å². The van der Waals surface area contributed by atoms with E-state index in [9.17, 15) is 10.1 Å². The number of nitrogens with one attached hydrogen (secondary N) is 1. The van der Waals surface area contributed by atoms with Gasteiger partial charge in [0.15, 0.2) is 0 Å². The molecule has 0 unspecified atom stereocenters. The van der Waals surface area contributed by atoms with Crippen LogP contribution in [0.15, 0.2) is 41.5 Å². The average Bonchev–Trinajstić information content (AvgIpc) is 2.59. The van der Waals surface area contributed by atoms with E-state index >= 15 is 0 Å². The Labute approximate surface area is 154 Å². The lowest BCUT2D eigenvalue weighted by atomic mass is 10.2. The molecule has 0 aliphatic carbocycles. The molecule has 6 nitrogen and oxygen atoms in total. The summed E-state index contributed by atoms with van der Waals surface area (Å²) in [5, 5.41) is 16.0. The minimum Gasteiger partial charge on any atom is -0.480 e. The van der Waals surface area contributed by atoms with E-state index in [1.165, 1.54) is 24.4 Å². The van der Waals surface area contributed by atoms with Gasteiger partial charge in [0, 0.05) is 33.3 Å². The SMILES string of the molecule is C#CCOc1ccc([N+](=O)[O-])cc1/C=N\NCc1c(Cl)cccc1Cl. The van der Waals surface area contributed by atoms with E-state index < -0.39 is 4.92 Å². The molecule has 0 heterocycles. The third kappa shape index (κ3) is 5.11. The first-order chi connectivity index (χ1) is 12.0. The van der Waals surface area contributed by atoms with Crippen molar-refractivity contribution in [1.29, 1.82) is 0 Å². The summed E-state index contributed by atoms with van der Waals surface area (Å²) in [4.78, 5) is 10.4. The first-order valence-corrected chi connectivity index (χ1v) is 7.82. The number of nitro benzene ring substituents is 1. The molecule has 2 aromatic rings. The summed E-state index contributed by atoms with van der Waals surface area (Å²) in [6.45, 7) is 0.339. The molecule has 0 aliphatic rings. The molecular weight excluding hydrogens is 365 g/mol. The maximum absolute atomic E-state index is 10.9. The molecule has 25 heavy (non-hydrogen) atoms. The van der Waals surface area contributed by atoms with Crippen molar-refractivity contribution in [2.75, 3.05) is 6.61 Å². The van der Waals surface area contributed by atoms with E-state index in [0.717, 1.165) is 0 Å². The Morgan fingerprint density at radius 3 is 2.68 bits per heavy atom. The van der Waals surface area contributed by atoms with Gasteiger partial charge in [-0.2, -0.15) is 5.10 Å². The van der Waals surface area contributed by atoms with Crippen LogP contribution in [-0.4, -0.2) is 17.7 Å². The summed E-state index contributed by atoms with van der Waals surface area (Å²) in [5.41, 5.74) is 3.84. The van der Waals surface area contributed by atoms with Crippen LogP contribution in [-0.2, 0) is 6.54 Å². The van der Waals surface area contributed by atoms with E-state index in [1.54, 1.807) is 18.2 Å². The zero-order valence-corrected chi connectivity index (χ0v) is 14.4. The molecule has 0 amide bonds. The summed E-state index contributed by atoms with van der Waals surface area (Å²) in [5.74, 6) is 2.73. The molecule has 2 aromatic carbocycles. The fraction of sp³-hybridized carbons (Fsp3) is 0.118. The van der Waals surface area contributed by atoms with Crippen molar-refractivity contribution < 1.29 is 9.66 Å². The summed E-state index contributed by atoms with van der Waals surface area (Å²) < 4.78 is 5.35. The molecule has 0 bridgehead atoms. The molecule has 0 atom stereocenters. The van der Waals surface area contributed by atoms with Crippen LogP contribution in [0, 0.1) is 22.5 Å². The number of nitro groups is 1. The van der Waals surface area contributed by atoms with Gasteiger partial charge in [-0.05, 0) is 18.2 Å². The third-order valence-corrected chi connectivity index (χ3v) is 3.84. The Morgan fingerprint density at radius 2 is 2.04 bits per heavy atom. The normalized spacial score (nSPS) is 10.4. The van der Waals surface area contributed by atoms with E-state index in [-0.39, 0.29) is 12.3 Å². The minimum absolute atomic E-state index is 0.0430. The molecule has 0 aromatic heterocycles. The van der Waals surface area contributed by atoms with Gasteiger partial charge in [0.2, 0.25) is 0 Å². The number of hydrogen-bond donors (Lipinski definition) is 1. The minimum atomic E-state index is -0.501. The molecular formula is C17H13Cl2N3O3. The Kier molecular flexibility index (Phi) is 6.63. The fourth-order valence-corrected chi connectivity index (χ4v) is 2.47. The number of nitrogens with zero attached hydrogens (tertiary/aromatic N) is 2. The highest BCUT2D eigenvalue weighted by Gasteiger charge is 2.10. The lowest BCUT2D eigenvalue weighted by molar-refractivity contribution is -0.384. The first-order valence-electron chi connectivity index (χ1n) is 7.06. The largest absolute Gasteiger partial charge is 0.480 e. The van der Waals surface area contributed by atoms with Crippen LogP contribution in [0.25, 0.3) is 0 Å². The standard InChI is InChI=1S/C17H13Cl2N3O3/c1-2-8-25-17-7-6-13(22(23)24)9-12(17)10-20-21-11-14-15(18)4-3-5-16(14)19/h1,3-7,9-10,21H,8,11H2/b20-10-. The van der Waals surface area contributed by atoms with Crippen LogP contribution >= 0.6 is 23.2 Å². The molecule has 0 spiro atoms. The summed E-state index contributed by atoms with van der Waals surface area (Å²) in [7, 11) is 0. The van der Waals surface area contributed by atoms with Crippen LogP contribution in [0.4, 0.5) is 5.69 Å². The second-order valence-electron chi connectivity index (χ2n) is 4.77. The molecule has 0 aliphatic heterocycles. The van der Waals surface area contributed by atoms with Crippen LogP contribution in [0.3, 0.4) is 0 Å². The Morgan fingerprint density at radius 1 is 1.32 bits per heavy atom. The molecule has 1 N–H and O–H groups in total. The van der Waals surface area contributed by atoms with Gasteiger partial charge < -0.3 is 10.2 Å². The van der Waals surface area contributed by atoms with Crippen LogP contribution in [0.2, 0.25) is 10.0 Å². The van der Waals surface area contributed by atoms with Gasteiger partial charge in [-0.1, -0.05) is 35.2 Å². The highest BCUT2D eigenvalue weighted by atomic mass is 35.5. The topological polar surface area (TPSA) is 76.8 Å². The van der Waals surface area contributed by atoms with Crippen molar-refractivity contribution >= 4 is 35.1 Å². The van der Waals surface area contributed by atoms with E-state index in [1.807, 2.05) is 0 Å². The van der Waals surface area contributed by atoms with Gasteiger partial charge in [-0.25, -0.2) is 0 Å². The fourth-order valence-electron chi connectivity index (χ4n) is 1.94. The number of terminal acetylenes is 1. The number of benzene rings is 2. The number of rotatable bonds is 7.